The van der Waals surface area contributed by atoms with Crippen molar-refractivity contribution in [3.8, 4) is 5.75 Å². The molecular formula is C24H34BrNO6SSi. The van der Waals surface area contributed by atoms with E-state index in [0.717, 1.165) is 16.3 Å². The Kier molecular flexibility index (Phi) is 7.34. The lowest BCUT2D eigenvalue weighted by Gasteiger charge is -2.44. The van der Waals surface area contributed by atoms with Gasteiger partial charge in [0.05, 0.1) is 18.9 Å². The van der Waals surface area contributed by atoms with E-state index in [1.54, 1.807) is 32.2 Å². The molecule has 3 rings (SSSR count). The van der Waals surface area contributed by atoms with E-state index in [4.69, 9.17) is 13.3 Å². The monoisotopic (exact) mass is 571 g/mol. The summed E-state index contributed by atoms with van der Waals surface area (Å²) in [5, 5.41) is 0.0585. The van der Waals surface area contributed by atoms with Gasteiger partial charge in [-0.1, -0.05) is 36.7 Å². The van der Waals surface area contributed by atoms with E-state index < -0.39 is 36.2 Å². The van der Waals surface area contributed by atoms with Crippen LogP contribution in [0.1, 0.15) is 51.8 Å². The van der Waals surface area contributed by atoms with Gasteiger partial charge in [0.2, 0.25) is 0 Å². The summed E-state index contributed by atoms with van der Waals surface area (Å²) >= 11 is 3.47. The highest BCUT2D eigenvalue weighted by Gasteiger charge is 2.48. The van der Waals surface area contributed by atoms with Gasteiger partial charge in [-0.3, -0.25) is 8.98 Å². The van der Waals surface area contributed by atoms with Crippen LogP contribution in [0.15, 0.2) is 45.8 Å². The summed E-state index contributed by atoms with van der Waals surface area (Å²) in [6, 6.07) is 8.14. The second-order valence-corrected chi connectivity index (χ2v) is 18.2. The predicted octanol–water partition coefficient (Wildman–Crippen LogP) is 5.24. The zero-order chi connectivity index (χ0) is 25.7. The van der Waals surface area contributed by atoms with E-state index in [-0.39, 0.29) is 10.6 Å². The summed E-state index contributed by atoms with van der Waals surface area (Å²) in [5.74, 6) is 0.573. The number of ether oxygens (including phenoxy) is 1. The van der Waals surface area contributed by atoms with Crippen LogP contribution < -0.4 is 10.3 Å². The summed E-state index contributed by atoms with van der Waals surface area (Å²) in [6.45, 7) is 14.7. The number of halogens is 1. The molecule has 0 saturated heterocycles. The van der Waals surface area contributed by atoms with Gasteiger partial charge in [-0.05, 0) is 61.8 Å². The molecule has 2 heterocycles. The van der Waals surface area contributed by atoms with Crippen LogP contribution in [0.4, 0.5) is 0 Å². The molecule has 10 heteroatoms. The van der Waals surface area contributed by atoms with Crippen molar-refractivity contribution in [2.45, 2.75) is 77.1 Å². The van der Waals surface area contributed by atoms with Gasteiger partial charge in [0, 0.05) is 22.3 Å². The van der Waals surface area contributed by atoms with Crippen LogP contribution in [0.25, 0.3) is 0 Å². The lowest BCUT2D eigenvalue weighted by Crippen LogP contribution is -2.54. The number of hydrogen-bond acceptors (Lipinski definition) is 6. The average molecular weight is 573 g/mol. The second kappa shape index (κ2) is 9.20. The van der Waals surface area contributed by atoms with Crippen LogP contribution in [-0.4, -0.2) is 39.3 Å². The van der Waals surface area contributed by atoms with E-state index >= 15 is 0 Å². The van der Waals surface area contributed by atoms with Crippen LogP contribution in [0, 0.1) is 0 Å². The molecule has 0 fully saturated rings. The first-order valence-electron chi connectivity index (χ1n) is 11.1. The maximum atomic E-state index is 13.3. The zero-order valence-electron chi connectivity index (χ0n) is 21.0. The molecule has 0 radical (unpaired) electrons. The summed E-state index contributed by atoms with van der Waals surface area (Å²) in [6.07, 6.45) is 1.72. The molecule has 0 spiro atoms. The van der Waals surface area contributed by atoms with Gasteiger partial charge < -0.3 is 13.7 Å². The summed E-state index contributed by atoms with van der Waals surface area (Å²) < 4.78 is 44.5. The molecule has 7 nitrogen and oxygen atoms in total. The summed E-state index contributed by atoms with van der Waals surface area (Å²) in [5.41, 5.74) is 0.146. The molecule has 34 heavy (non-hydrogen) atoms. The van der Waals surface area contributed by atoms with Crippen molar-refractivity contribution in [1.82, 2.24) is 4.57 Å². The Balaban J connectivity index is 2.06. The van der Waals surface area contributed by atoms with Crippen molar-refractivity contribution in [3.63, 3.8) is 0 Å². The maximum absolute atomic E-state index is 13.3. The molecule has 0 saturated carbocycles. The topological polar surface area (TPSA) is 83.8 Å². The van der Waals surface area contributed by atoms with E-state index in [1.165, 1.54) is 4.57 Å². The van der Waals surface area contributed by atoms with E-state index in [9.17, 15) is 13.2 Å². The van der Waals surface area contributed by atoms with Gasteiger partial charge in [0.15, 0.2) is 8.32 Å². The predicted molar refractivity (Wildman–Crippen MR) is 139 cm³/mol. The van der Waals surface area contributed by atoms with Gasteiger partial charge in [-0.15, -0.1) is 0 Å². The van der Waals surface area contributed by atoms with Crippen LogP contribution in [-0.2, 0) is 25.3 Å². The van der Waals surface area contributed by atoms with Crippen molar-refractivity contribution >= 4 is 34.4 Å². The Morgan fingerprint density at radius 3 is 2.38 bits per heavy atom. The van der Waals surface area contributed by atoms with Gasteiger partial charge in [-0.25, -0.2) is 0 Å². The number of aromatic nitrogens is 1. The van der Waals surface area contributed by atoms with E-state index in [2.05, 4.69) is 49.8 Å². The molecule has 1 aliphatic rings. The zero-order valence-corrected chi connectivity index (χ0v) is 24.4. The molecule has 188 valence electrons. The number of benzene rings is 1. The van der Waals surface area contributed by atoms with Gasteiger partial charge in [0.1, 0.15) is 17.5 Å². The molecule has 0 bridgehead atoms. The third-order valence-corrected chi connectivity index (χ3v) is 12.2. The first-order valence-corrected chi connectivity index (χ1v) is 16.6. The fourth-order valence-corrected chi connectivity index (χ4v) is 5.76. The number of hydrogen-bond donors (Lipinski definition) is 0. The molecular weight excluding hydrogens is 538 g/mol. The van der Waals surface area contributed by atoms with E-state index in [1.807, 2.05) is 18.2 Å². The molecule has 1 aromatic heterocycles. The minimum Gasteiger partial charge on any atom is -0.485 e. The van der Waals surface area contributed by atoms with Crippen LogP contribution >= 0.6 is 15.9 Å². The Hall–Kier alpha value is -1.46. The van der Waals surface area contributed by atoms with E-state index in [0.29, 0.717) is 17.9 Å². The smallest absolute Gasteiger partial charge is 0.264 e. The van der Waals surface area contributed by atoms with Gasteiger partial charge in [0.25, 0.3) is 15.7 Å². The standard InChI is InChI=1S/C24H34BrNO6SSi/c1-23(2,3)34(7,8)30-15-16-11-12-26(20(27)13-16)21-18-14-17(25)9-10-19(18)31-24(4,5)22(21)32-33(6,28)29/h9-14,21-22H,15H2,1-8H3/t21-,22+/m1/s1. The molecule has 2 aromatic rings. The number of fused-ring (bicyclic) bond motifs is 1. The van der Waals surface area contributed by atoms with Crippen molar-refractivity contribution in [2.24, 2.45) is 0 Å². The largest absolute Gasteiger partial charge is 0.485 e. The fourth-order valence-electron chi connectivity index (χ4n) is 3.71. The lowest BCUT2D eigenvalue weighted by atomic mass is 9.86. The molecule has 0 amide bonds. The Morgan fingerprint density at radius 1 is 1.18 bits per heavy atom. The minimum absolute atomic E-state index is 0.0585. The molecule has 0 unspecified atom stereocenters. The summed E-state index contributed by atoms with van der Waals surface area (Å²) in [7, 11) is -5.81. The minimum atomic E-state index is -3.83. The van der Waals surface area contributed by atoms with Crippen LogP contribution in [0.3, 0.4) is 0 Å². The second-order valence-electron chi connectivity index (χ2n) is 10.9. The molecule has 0 N–H and O–H groups in total. The fraction of sp³-hybridized carbons (Fsp3) is 0.542. The Morgan fingerprint density at radius 2 is 1.82 bits per heavy atom. The first-order chi connectivity index (χ1) is 15.4. The Bertz CT molecular complexity index is 1230. The summed E-state index contributed by atoms with van der Waals surface area (Å²) in [4.78, 5) is 13.3. The van der Waals surface area contributed by atoms with Crippen molar-refractivity contribution in [3.05, 3.63) is 62.5 Å². The first kappa shape index (κ1) is 27.1. The van der Waals surface area contributed by atoms with Crippen LogP contribution in [0.2, 0.25) is 18.1 Å². The van der Waals surface area contributed by atoms with Crippen molar-refractivity contribution < 1.29 is 21.8 Å². The third kappa shape index (κ3) is 5.84. The highest BCUT2D eigenvalue weighted by atomic mass is 79.9. The van der Waals surface area contributed by atoms with Gasteiger partial charge >= 0.3 is 0 Å². The van der Waals surface area contributed by atoms with Crippen molar-refractivity contribution in [2.75, 3.05) is 6.26 Å². The molecule has 0 aliphatic carbocycles. The quantitative estimate of drug-likeness (QED) is 0.348. The number of rotatable bonds is 6. The SMILES string of the molecule is CC1(C)Oc2ccc(Br)cc2[C@@H](n2ccc(CO[Si](C)(C)C(C)(C)C)cc2=O)[C@@H]1OS(C)(=O)=O. The van der Waals surface area contributed by atoms with Crippen LogP contribution in [0.5, 0.6) is 5.75 Å². The normalized spacial score (nSPS) is 20.5. The Labute approximate surface area is 211 Å². The molecule has 2 atom stereocenters. The van der Waals surface area contributed by atoms with Crippen molar-refractivity contribution in [1.29, 1.82) is 0 Å². The number of pyridine rings is 1. The number of nitrogens with zero attached hydrogens (tertiary/aromatic N) is 1. The maximum Gasteiger partial charge on any atom is 0.264 e. The lowest BCUT2D eigenvalue weighted by molar-refractivity contribution is -0.0463. The highest BCUT2D eigenvalue weighted by molar-refractivity contribution is 9.10. The molecule has 1 aliphatic heterocycles. The third-order valence-electron chi connectivity index (χ3n) is 6.63. The average Bonchev–Trinajstić information content (AvgIpc) is 2.66. The molecule has 1 aromatic carbocycles. The highest BCUT2D eigenvalue weighted by Crippen LogP contribution is 2.44. The van der Waals surface area contributed by atoms with Gasteiger partial charge in [-0.2, -0.15) is 8.42 Å².